The molecule has 1 amide bonds. The molecular formula is C19H21FN2O7. The van der Waals surface area contributed by atoms with Crippen LogP contribution in [0, 0.1) is 19.7 Å². The molecule has 9 nitrogen and oxygen atoms in total. The highest BCUT2D eigenvalue weighted by molar-refractivity contribution is 5.92. The van der Waals surface area contributed by atoms with Crippen LogP contribution in [0.25, 0.3) is 0 Å². The van der Waals surface area contributed by atoms with E-state index in [2.05, 4.69) is 5.32 Å². The van der Waals surface area contributed by atoms with E-state index in [9.17, 15) is 18.8 Å². The highest BCUT2D eigenvalue weighted by Gasteiger charge is 2.17. The summed E-state index contributed by atoms with van der Waals surface area (Å²) in [4.78, 5) is 33.8. The van der Waals surface area contributed by atoms with Crippen molar-refractivity contribution in [3.8, 4) is 11.5 Å². The van der Waals surface area contributed by atoms with Crippen LogP contribution in [0.1, 0.15) is 24.2 Å². The molecule has 3 N–H and O–H groups in total. The van der Waals surface area contributed by atoms with Crippen molar-refractivity contribution in [1.82, 2.24) is 4.57 Å². The lowest BCUT2D eigenvalue weighted by atomic mass is 10.2. The van der Waals surface area contributed by atoms with Crippen LogP contribution in [0.5, 0.6) is 11.5 Å². The largest absolute Gasteiger partial charge is 0.490 e. The van der Waals surface area contributed by atoms with Gasteiger partial charge in [0.2, 0.25) is 5.82 Å². The van der Waals surface area contributed by atoms with Crippen LogP contribution in [0.4, 0.5) is 14.9 Å². The second-order valence-electron chi connectivity index (χ2n) is 6.15. The van der Waals surface area contributed by atoms with Gasteiger partial charge in [0, 0.05) is 29.2 Å². The molecule has 0 bridgehead atoms. The molecule has 0 saturated carbocycles. The van der Waals surface area contributed by atoms with Gasteiger partial charge in [0.1, 0.15) is 0 Å². The van der Waals surface area contributed by atoms with Gasteiger partial charge in [-0.15, -0.1) is 0 Å². The molecule has 0 radical (unpaired) electrons. The molecular weight excluding hydrogens is 387 g/mol. The fourth-order valence-electron chi connectivity index (χ4n) is 2.52. The fraction of sp³-hybridized carbons (Fsp3) is 0.316. The molecule has 1 heterocycles. The number of ether oxygens (including phenoxy) is 2. The number of aryl methyl sites for hydroxylation is 2. The summed E-state index contributed by atoms with van der Waals surface area (Å²) in [6, 6.07) is 5.44. The Bertz CT molecular complexity index is 863. The number of carbonyl (C=O) groups excluding carboxylic acids is 1. The number of anilines is 1. The van der Waals surface area contributed by atoms with Crippen molar-refractivity contribution in [3.05, 3.63) is 41.5 Å². The molecule has 0 fully saturated rings. The second-order valence-corrected chi connectivity index (χ2v) is 6.15. The summed E-state index contributed by atoms with van der Waals surface area (Å²) >= 11 is 0. The van der Waals surface area contributed by atoms with E-state index in [1.165, 1.54) is 16.7 Å². The van der Waals surface area contributed by atoms with Gasteiger partial charge in [-0.3, -0.25) is 14.2 Å². The predicted molar refractivity (Wildman–Crippen MR) is 100 cm³/mol. The number of nitrogens with one attached hydrogen (secondary N) is 1. The first-order chi connectivity index (χ1) is 13.7. The van der Waals surface area contributed by atoms with Gasteiger partial charge in [0.15, 0.2) is 11.5 Å². The van der Waals surface area contributed by atoms with E-state index in [4.69, 9.17) is 19.7 Å². The van der Waals surface area contributed by atoms with Crippen LogP contribution < -0.4 is 14.8 Å². The highest BCUT2D eigenvalue weighted by Crippen LogP contribution is 2.32. The van der Waals surface area contributed by atoms with Gasteiger partial charge in [-0.1, -0.05) is 0 Å². The Morgan fingerprint density at radius 2 is 1.41 bits per heavy atom. The summed E-state index contributed by atoms with van der Waals surface area (Å²) in [5, 5.41) is 20.0. The molecule has 156 valence electrons. The topological polar surface area (TPSA) is 127 Å². The average molecular weight is 408 g/mol. The van der Waals surface area contributed by atoms with E-state index in [0.717, 1.165) is 0 Å². The monoisotopic (exact) mass is 408 g/mol. The Kier molecular flexibility index (Phi) is 7.18. The van der Waals surface area contributed by atoms with Crippen LogP contribution in [-0.4, -0.2) is 46.0 Å². The zero-order valence-electron chi connectivity index (χ0n) is 15.9. The number of aromatic nitrogens is 1. The predicted octanol–water partition coefficient (Wildman–Crippen LogP) is 3.03. The van der Waals surface area contributed by atoms with E-state index in [0.29, 0.717) is 11.4 Å². The number of aliphatic carboxylic acids is 2. The van der Waals surface area contributed by atoms with E-state index in [1.807, 2.05) is 0 Å². The number of carbonyl (C=O) groups is 3. The minimum Gasteiger partial charge on any atom is -0.490 e. The first-order valence-electron chi connectivity index (χ1n) is 8.68. The summed E-state index contributed by atoms with van der Waals surface area (Å²) in [7, 11) is 0. The van der Waals surface area contributed by atoms with E-state index in [-0.39, 0.29) is 43.2 Å². The number of carboxylic acids is 2. The molecule has 2 aromatic rings. The summed E-state index contributed by atoms with van der Waals surface area (Å²) in [5.41, 5.74) is 1.52. The maximum atomic E-state index is 14.6. The number of nitrogens with zero attached hydrogens (tertiary/aromatic N) is 1. The number of hydrogen-bond donors (Lipinski definition) is 3. The lowest BCUT2D eigenvalue weighted by molar-refractivity contribution is -0.138. The first-order valence-corrected chi connectivity index (χ1v) is 8.68. The van der Waals surface area contributed by atoms with E-state index >= 15 is 0 Å². The number of carboxylic acid groups (broad SMARTS) is 2. The minimum atomic E-state index is -1.12. The smallest absolute Gasteiger partial charge is 0.330 e. The molecule has 2 rings (SSSR count). The Morgan fingerprint density at radius 3 is 1.83 bits per heavy atom. The van der Waals surface area contributed by atoms with Crippen LogP contribution in [-0.2, 0) is 9.59 Å². The standard InChI is InChI=1S/C19H21FN2O7/c1-11-3-4-12(2)22(11)19(27)21-13-9-14(28-7-5-16(23)24)18(20)15(10-13)29-8-6-17(25)26/h3-4,9-10H,5-8H2,1-2H3,(H,21,27)(H,23,24)(H,25,26). The van der Waals surface area contributed by atoms with E-state index < -0.39 is 23.8 Å². The molecule has 0 unspecified atom stereocenters. The van der Waals surface area contributed by atoms with Gasteiger partial charge >= 0.3 is 18.0 Å². The second kappa shape index (κ2) is 9.58. The SMILES string of the molecule is Cc1ccc(C)n1C(=O)Nc1cc(OCCC(=O)O)c(F)c(OCCC(=O)O)c1. The summed E-state index contributed by atoms with van der Waals surface area (Å²) < 4.78 is 26.3. The van der Waals surface area contributed by atoms with Crippen molar-refractivity contribution in [2.45, 2.75) is 26.7 Å². The first kappa shape index (κ1) is 21.7. The fourth-order valence-corrected chi connectivity index (χ4v) is 2.52. The molecule has 0 spiro atoms. The van der Waals surface area contributed by atoms with Crippen LogP contribution in [0.3, 0.4) is 0 Å². The van der Waals surface area contributed by atoms with Gasteiger partial charge < -0.3 is 25.0 Å². The number of benzene rings is 1. The number of amides is 1. The van der Waals surface area contributed by atoms with Crippen molar-refractivity contribution in [2.24, 2.45) is 0 Å². The van der Waals surface area contributed by atoms with Gasteiger partial charge in [-0.2, -0.15) is 4.39 Å². The third kappa shape index (κ3) is 5.96. The van der Waals surface area contributed by atoms with E-state index in [1.54, 1.807) is 26.0 Å². The molecule has 0 saturated heterocycles. The highest BCUT2D eigenvalue weighted by atomic mass is 19.1. The van der Waals surface area contributed by atoms with Crippen molar-refractivity contribution >= 4 is 23.7 Å². The van der Waals surface area contributed by atoms with Gasteiger partial charge in [-0.05, 0) is 26.0 Å². The molecule has 1 aromatic carbocycles. The van der Waals surface area contributed by atoms with Crippen LogP contribution in [0.15, 0.2) is 24.3 Å². The third-order valence-corrected chi connectivity index (χ3v) is 3.88. The van der Waals surface area contributed by atoms with Gasteiger partial charge in [-0.25, -0.2) is 4.79 Å². The Balaban J connectivity index is 2.27. The molecule has 0 aliphatic rings. The van der Waals surface area contributed by atoms with Crippen molar-refractivity contribution < 1.29 is 38.5 Å². The summed E-state index contributed by atoms with van der Waals surface area (Å²) in [6.07, 6.45) is -0.708. The third-order valence-electron chi connectivity index (χ3n) is 3.88. The van der Waals surface area contributed by atoms with Crippen molar-refractivity contribution in [2.75, 3.05) is 18.5 Å². The maximum Gasteiger partial charge on any atom is 0.330 e. The Morgan fingerprint density at radius 1 is 0.966 bits per heavy atom. The normalized spacial score (nSPS) is 10.4. The summed E-state index contributed by atoms with van der Waals surface area (Å²) in [5.74, 6) is -3.81. The van der Waals surface area contributed by atoms with Crippen molar-refractivity contribution in [1.29, 1.82) is 0 Å². The average Bonchev–Trinajstić information content (AvgIpc) is 2.96. The quantitative estimate of drug-likeness (QED) is 0.582. The van der Waals surface area contributed by atoms with Gasteiger partial charge in [0.25, 0.3) is 0 Å². The zero-order valence-corrected chi connectivity index (χ0v) is 15.9. The Hall–Kier alpha value is -3.56. The van der Waals surface area contributed by atoms with Crippen LogP contribution in [0.2, 0.25) is 0 Å². The molecule has 10 heteroatoms. The number of halogens is 1. The molecule has 0 aliphatic heterocycles. The molecule has 0 atom stereocenters. The summed E-state index contributed by atoms with van der Waals surface area (Å²) in [6.45, 7) is 2.90. The molecule has 1 aromatic heterocycles. The zero-order chi connectivity index (χ0) is 21.6. The van der Waals surface area contributed by atoms with Crippen molar-refractivity contribution in [3.63, 3.8) is 0 Å². The molecule has 0 aliphatic carbocycles. The maximum absolute atomic E-state index is 14.6. The Labute approximate surface area is 165 Å². The minimum absolute atomic E-state index is 0.138. The number of rotatable bonds is 9. The van der Waals surface area contributed by atoms with Gasteiger partial charge in [0.05, 0.1) is 26.1 Å². The molecule has 29 heavy (non-hydrogen) atoms. The number of hydrogen-bond acceptors (Lipinski definition) is 5. The lowest BCUT2D eigenvalue weighted by Crippen LogP contribution is -2.21. The van der Waals surface area contributed by atoms with Crippen LogP contribution >= 0.6 is 0 Å². The lowest BCUT2D eigenvalue weighted by Gasteiger charge is -2.15.